The van der Waals surface area contributed by atoms with Crippen LogP contribution in [-0.2, 0) is 13.0 Å². The van der Waals surface area contributed by atoms with Crippen molar-refractivity contribution in [1.82, 2.24) is 10.6 Å². The zero-order valence-corrected chi connectivity index (χ0v) is 16.2. The van der Waals surface area contributed by atoms with E-state index in [9.17, 15) is 0 Å². The Morgan fingerprint density at radius 3 is 2.79 bits per heavy atom. The predicted octanol–water partition coefficient (Wildman–Crippen LogP) is 3.25. The molecule has 6 nitrogen and oxygen atoms in total. The highest BCUT2D eigenvalue weighted by Crippen LogP contribution is 2.32. The topological polar surface area (TPSA) is 64.1 Å². The van der Waals surface area contributed by atoms with Gasteiger partial charge >= 0.3 is 0 Å². The molecule has 0 saturated heterocycles. The minimum absolute atomic E-state index is 0.305. The summed E-state index contributed by atoms with van der Waals surface area (Å²) < 4.78 is 16.9. The number of nitrogens with one attached hydrogen (secondary N) is 2. The number of para-hydroxylation sites is 1. The van der Waals surface area contributed by atoms with E-state index >= 15 is 0 Å². The lowest BCUT2D eigenvalue weighted by molar-refractivity contribution is 0.119. The van der Waals surface area contributed by atoms with E-state index in [2.05, 4.69) is 27.8 Å². The Labute approximate surface area is 165 Å². The molecule has 0 atom stereocenters. The van der Waals surface area contributed by atoms with Crippen LogP contribution in [0, 0.1) is 0 Å². The van der Waals surface area contributed by atoms with E-state index in [1.165, 1.54) is 12.0 Å². The molecule has 148 valence electrons. The van der Waals surface area contributed by atoms with Crippen molar-refractivity contribution in [1.29, 1.82) is 0 Å². The van der Waals surface area contributed by atoms with Crippen LogP contribution in [0.25, 0.3) is 0 Å². The third-order valence-electron chi connectivity index (χ3n) is 5.13. The molecule has 28 heavy (non-hydrogen) atoms. The molecule has 2 aromatic carbocycles. The van der Waals surface area contributed by atoms with Crippen LogP contribution >= 0.6 is 0 Å². The van der Waals surface area contributed by atoms with Gasteiger partial charge in [-0.1, -0.05) is 24.3 Å². The summed E-state index contributed by atoms with van der Waals surface area (Å²) in [5, 5.41) is 6.74. The van der Waals surface area contributed by atoms with E-state index in [1.807, 2.05) is 30.3 Å². The van der Waals surface area contributed by atoms with Crippen LogP contribution in [0.1, 0.15) is 30.4 Å². The zero-order valence-electron chi connectivity index (χ0n) is 16.2. The number of hydrogen-bond donors (Lipinski definition) is 2. The minimum Gasteiger partial charge on any atom is -0.490 e. The van der Waals surface area contributed by atoms with E-state index in [0.29, 0.717) is 19.4 Å². The molecule has 0 amide bonds. The molecule has 1 aliphatic carbocycles. The van der Waals surface area contributed by atoms with Crippen molar-refractivity contribution in [3.63, 3.8) is 0 Å². The summed E-state index contributed by atoms with van der Waals surface area (Å²) >= 11 is 0. The van der Waals surface area contributed by atoms with Crippen molar-refractivity contribution in [2.24, 2.45) is 4.99 Å². The van der Waals surface area contributed by atoms with Crippen molar-refractivity contribution in [2.45, 2.75) is 38.3 Å². The number of rotatable bonds is 7. The van der Waals surface area contributed by atoms with Crippen molar-refractivity contribution >= 4 is 5.96 Å². The number of benzene rings is 2. The molecule has 2 aliphatic rings. The Morgan fingerprint density at radius 2 is 1.96 bits per heavy atom. The van der Waals surface area contributed by atoms with E-state index in [0.717, 1.165) is 54.6 Å². The molecule has 6 heteroatoms. The molecule has 0 unspecified atom stereocenters. The maximum absolute atomic E-state index is 6.10. The number of guanidine groups is 1. The average Bonchev–Trinajstić information content (AvgIpc) is 3.16. The van der Waals surface area contributed by atoms with Crippen molar-refractivity contribution in [2.75, 3.05) is 20.4 Å². The van der Waals surface area contributed by atoms with Gasteiger partial charge in [-0.25, -0.2) is 0 Å². The molecule has 1 fully saturated rings. The summed E-state index contributed by atoms with van der Waals surface area (Å²) in [6.07, 6.45) is 4.83. The van der Waals surface area contributed by atoms with Gasteiger partial charge in [-0.3, -0.25) is 4.99 Å². The van der Waals surface area contributed by atoms with E-state index < -0.39 is 0 Å². The van der Waals surface area contributed by atoms with Gasteiger partial charge in [-0.05, 0) is 49.4 Å². The second-order valence-electron chi connectivity index (χ2n) is 7.07. The number of hydrogen-bond acceptors (Lipinski definition) is 4. The number of nitrogens with zero attached hydrogens (tertiary/aromatic N) is 1. The maximum atomic E-state index is 6.10. The minimum atomic E-state index is 0.305. The van der Waals surface area contributed by atoms with Gasteiger partial charge in [-0.15, -0.1) is 0 Å². The summed E-state index contributed by atoms with van der Waals surface area (Å²) in [6.45, 7) is 1.76. The third kappa shape index (κ3) is 4.50. The fraction of sp³-hybridized carbons (Fsp3) is 0.409. The highest BCUT2D eigenvalue weighted by molar-refractivity contribution is 5.79. The van der Waals surface area contributed by atoms with Gasteiger partial charge in [0.2, 0.25) is 6.79 Å². The Hall–Kier alpha value is -2.89. The summed E-state index contributed by atoms with van der Waals surface area (Å²) in [4.78, 5) is 4.32. The van der Waals surface area contributed by atoms with Crippen molar-refractivity contribution in [3.8, 4) is 17.2 Å². The van der Waals surface area contributed by atoms with E-state index in [1.54, 1.807) is 7.05 Å². The second kappa shape index (κ2) is 8.87. The van der Waals surface area contributed by atoms with Gasteiger partial charge in [0, 0.05) is 25.7 Å². The first-order valence-electron chi connectivity index (χ1n) is 9.89. The first kappa shape index (κ1) is 18.5. The molecule has 1 heterocycles. The summed E-state index contributed by atoms with van der Waals surface area (Å²) in [5.74, 6) is 3.38. The first-order valence-corrected chi connectivity index (χ1v) is 9.89. The molecular weight excluding hydrogens is 354 g/mol. The van der Waals surface area contributed by atoms with Gasteiger partial charge in [0.05, 0.1) is 6.10 Å². The van der Waals surface area contributed by atoms with Crippen LogP contribution in [0.3, 0.4) is 0 Å². The first-order chi connectivity index (χ1) is 13.8. The Kier molecular flexibility index (Phi) is 5.85. The Bertz CT molecular complexity index is 834. The summed E-state index contributed by atoms with van der Waals surface area (Å²) in [5.41, 5.74) is 2.35. The largest absolute Gasteiger partial charge is 0.490 e. The van der Waals surface area contributed by atoms with Crippen LogP contribution in [0.4, 0.5) is 0 Å². The van der Waals surface area contributed by atoms with Gasteiger partial charge in [-0.2, -0.15) is 0 Å². The second-order valence-corrected chi connectivity index (χ2v) is 7.07. The molecule has 2 aromatic rings. The Balaban J connectivity index is 1.26. The summed E-state index contributed by atoms with van der Waals surface area (Å²) in [7, 11) is 1.78. The zero-order chi connectivity index (χ0) is 19.2. The molecule has 2 N–H and O–H groups in total. The molecule has 0 radical (unpaired) electrons. The molecular formula is C22H27N3O3. The van der Waals surface area contributed by atoms with Crippen molar-refractivity contribution < 1.29 is 14.2 Å². The van der Waals surface area contributed by atoms with Gasteiger partial charge in [0.1, 0.15) is 5.75 Å². The van der Waals surface area contributed by atoms with Gasteiger partial charge in [0.15, 0.2) is 17.5 Å². The highest BCUT2D eigenvalue weighted by atomic mass is 16.7. The molecule has 1 saturated carbocycles. The smallest absolute Gasteiger partial charge is 0.231 e. The lowest BCUT2D eigenvalue weighted by Gasteiger charge is -2.27. The fourth-order valence-electron chi connectivity index (χ4n) is 3.25. The van der Waals surface area contributed by atoms with Gasteiger partial charge < -0.3 is 24.8 Å². The number of aliphatic imine (C=N–C) groups is 1. The lowest BCUT2D eigenvalue weighted by Crippen LogP contribution is -2.38. The van der Waals surface area contributed by atoms with Crippen LogP contribution in [0.15, 0.2) is 47.5 Å². The molecule has 4 rings (SSSR count). The molecule has 0 bridgehead atoms. The molecule has 0 spiro atoms. The maximum Gasteiger partial charge on any atom is 0.231 e. The van der Waals surface area contributed by atoms with Crippen LogP contribution < -0.4 is 24.8 Å². The lowest BCUT2D eigenvalue weighted by atomic mass is 9.96. The fourth-order valence-corrected chi connectivity index (χ4v) is 3.25. The quantitative estimate of drug-likeness (QED) is 0.569. The highest BCUT2D eigenvalue weighted by Gasteiger charge is 2.20. The average molecular weight is 381 g/mol. The Morgan fingerprint density at radius 1 is 1.11 bits per heavy atom. The number of ether oxygens (including phenoxy) is 3. The molecule has 1 aliphatic heterocycles. The third-order valence-corrected chi connectivity index (χ3v) is 5.13. The molecule has 0 aromatic heterocycles. The van der Waals surface area contributed by atoms with E-state index in [-0.39, 0.29) is 0 Å². The monoisotopic (exact) mass is 381 g/mol. The van der Waals surface area contributed by atoms with Crippen LogP contribution in [-0.4, -0.2) is 32.4 Å². The van der Waals surface area contributed by atoms with Crippen LogP contribution in [0.2, 0.25) is 0 Å². The standard InChI is InChI=1S/C22H27N3O3/c1-23-22(24-12-11-16-9-10-20-21(13-16)27-15-26-20)25-14-17-5-2-3-8-19(17)28-18-6-4-7-18/h2-3,5,8-10,13,18H,4,6-7,11-12,14-15H2,1H3,(H2,23,24,25). The van der Waals surface area contributed by atoms with Gasteiger partial charge in [0.25, 0.3) is 0 Å². The van der Waals surface area contributed by atoms with Crippen molar-refractivity contribution in [3.05, 3.63) is 53.6 Å². The summed E-state index contributed by atoms with van der Waals surface area (Å²) in [6, 6.07) is 14.3. The predicted molar refractivity (Wildman–Crippen MR) is 109 cm³/mol. The SMILES string of the molecule is CN=C(NCCc1ccc2c(c1)OCO2)NCc1ccccc1OC1CCC1. The normalized spacial score (nSPS) is 15.8. The van der Waals surface area contributed by atoms with E-state index in [4.69, 9.17) is 14.2 Å². The number of fused-ring (bicyclic) bond motifs is 1. The van der Waals surface area contributed by atoms with Crippen LogP contribution in [0.5, 0.6) is 17.2 Å².